The Labute approximate surface area is 170 Å². The topological polar surface area (TPSA) is 91.3 Å². The summed E-state index contributed by atoms with van der Waals surface area (Å²) in [6.45, 7) is 8.82. The second-order valence-corrected chi connectivity index (χ2v) is 7.81. The molecule has 152 valence electrons. The zero-order valence-corrected chi connectivity index (χ0v) is 17.3. The van der Waals surface area contributed by atoms with Crippen molar-refractivity contribution in [1.29, 1.82) is 5.26 Å². The largest absolute Gasteiger partial charge is 0.436 e. The van der Waals surface area contributed by atoms with Gasteiger partial charge in [0.2, 0.25) is 5.89 Å². The molecule has 0 radical (unpaired) electrons. The summed E-state index contributed by atoms with van der Waals surface area (Å²) in [5.41, 5.74) is 2.48. The van der Waals surface area contributed by atoms with Gasteiger partial charge in [0.25, 0.3) is 0 Å². The summed E-state index contributed by atoms with van der Waals surface area (Å²) in [5.74, 6) is 0.460. The van der Waals surface area contributed by atoms with E-state index in [0.29, 0.717) is 40.8 Å². The number of nitriles is 1. The second-order valence-electron chi connectivity index (χ2n) is 7.81. The monoisotopic (exact) mass is 393 g/mol. The van der Waals surface area contributed by atoms with Crippen molar-refractivity contribution >= 4 is 17.3 Å². The zero-order valence-electron chi connectivity index (χ0n) is 17.3. The van der Waals surface area contributed by atoms with Gasteiger partial charge >= 0.3 is 0 Å². The van der Waals surface area contributed by atoms with Gasteiger partial charge in [0.15, 0.2) is 5.42 Å². The van der Waals surface area contributed by atoms with Crippen molar-refractivity contribution in [3.05, 3.63) is 46.7 Å². The smallest absolute Gasteiger partial charge is 0.227 e. The minimum absolute atomic E-state index is 0.221. The predicted molar refractivity (Wildman–Crippen MR) is 113 cm³/mol. The first-order chi connectivity index (χ1) is 13.8. The number of anilines is 1. The van der Waals surface area contributed by atoms with E-state index in [9.17, 15) is 10.4 Å². The molecule has 0 saturated heterocycles. The van der Waals surface area contributed by atoms with Gasteiger partial charge in [-0.05, 0) is 64.5 Å². The van der Waals surface area contributed by atoms with Crippen LogP contribution < -0.4 is 16.1 Å². The SMILES string of the molecule is CC(C)OCCNc1ccc(-c2nc3c(o2)=C(C(C)(C)O)CC=C(C#N)C=3)cc1. The first-order valence-electron chi connectivity index (χ1n) is 9.78. The average Bonchev–Trinajstić information content (AvgIpc) is 2.98. The molecule has 6 heteroatoms. The van der Waals surface area contributed by atoms with E-state index in [1.54, 1.807) is 26.0 Å². The number of rotatable bonds is 7. The molecule has 29 heavy (non-hydrogen) atoms. The van der Waals surface area contributed by atoms with Gasteiger partial charge in [0, 0.05) is 23.4 Å². The van der Waals surface area contributed by atoms with E-state index in [2.05, 4.69) is 16.4 Å². The normalized spacial score (nSPS) is 14.0. The van der Waals surface area contributed by atoms with Crippen molar-refractivity contribution in [2.75, 3.05) is 18.5 Å². The van der Waals surface area contributed by atoms with E-state index < -0.39 is 5.60 Å². The third-order valence-corrected chi connectivity index (χ3v) is 4.63. The lowest BCUT2D eigenvalue weighted by molar-refractivity contribution is 0.0870. The molecule has 1 aromatic heterocycles. The van der Waals surface area contributed by atoms with Gasteiger partial charge < -0.3 is 19.6 Å². The number of nitrogens with one attached hydrogen (secondary N) is 1. The molecule has 0 aliphatic heterocycles. The Morgan fingerprint density at radius 2 is 2.03 bits per heavy atom. The molecule has 0 saturated carbocycles. The van der Waals surface area contributed by atoms with E-state index in [0.717, 1.165) is 17.8 Å². The highest BCUT2D eigenvalue weighted by molar-refractivity contribution is 5.64. The Balaban J connectivity index is 1.89. The van der Waals surface area contributed by atoms with Crippen LogP contribution in [0.5, 0.6) is 0 Å². The molecule has 0 bridgehead atoms. The maximum Gasteiger partial charge on any atom is 0.227 e. The number of benzene rings is 1. The van der Waals surface area contributed by atoms with Crippen molar-refractivity contribution in [3.8, 4) is 17.5 Å². The van der Waals surface area contributed by atoms with Gasteiger partial charge in [-0.1, -0.05) is 6.08 Å². The summed E-state index contributed by atoms with van der Waals surface area (Å²) in [4.78, 5) is 4.58. The Morgan fingerprint density at radius 1 is 1.31 bits per heavy atom. The molecule has 0 atom stereocenters. The fourth-order valence-electron chi connectivity index (χ4n) is 3.11. The fourth-order valence-corrected chi connectivity index (χ4v) is 3.11. The van der Waals surface area contributed by atoms with E-state index in [1.165, 1.54) is 0 Å². The molecule has 1 aliphatic carbocycles. The summed E-state index contributed by atoms with van der Waals surface area (Å²) >= 11 is 0. The van der Waals surface area contributed by atoms with Crippen molar-refractivity contribution in [2.45, 2.75) is 45.8 Å². The van der Waals surface area contributed by atoms with Crippen LogP contribution >= 0.6 is 0 Å². The highest BCUT2D eigenvalue weighted by Crippen LogP contribution is 2.23. The van der Waals surface area contributed by atoms with Crippen LogP contribution in [0.2, 0.25) is 0 Å². The quantitative estimate of drug-likeness (QED) is 0.703. The maximum absolute atomic E-state index is 10.6. The predicted octanol–water partition coefficient (Wildman–Crippen LogP) is 2.73. The molecule has 0 fully saturated rings. The number of hydrogen-bond donors (Lipinski definition) is 2. The van der Waals surface area contributed by atoms with E-state index >= 15 is 0 Å². The third-order valence-electron chi connectivity index (χ3n) is 4.63. The number of allylic oxidation sites excluding steroid dienone is 2. The summed E-state index contributed by atoms with van der Waals surface area (Å²) in [6, 6.07) is 9.95. The standard InChI is InChI=1S/C23H27N3O3/c1-15(2)28-12-11-25-18-8-6-17(7-9-18)22-26-20-13-16(14-24)5-10-19(21(20)29-22)23(3,4)27/h5-9,13,15,25,27H,10-12H2,1-4H3. The first kappa shape index (κ1) is 20.8. The van der Waals surface area contributed by atoms with E-state index in [1.807, 2.05) is 38.1 Å². The highest BCUT2D eigenvalue weighted by Gasteiger charge is 2.24. The number of fused-ring (bicyclic) bond motifs is 1. The van der Waals surface area contributed by atoms with Crippen LogP contribution in [-0.4, -0.2) is 34.9 Å². The summed E-state index contributed by atoms with van der Waals surface area (Å²) < 4.78 is 11.6. The Hall–Kier alpha value is -2.88. The zero-order chi connectivity index (χ0) is 21.0. The molecule has 2 N–H and O–H groups in total. The van der Waals surface area contributed by atoms with Gasteiger partial charge in [-0.3, -0.25) is 0 Å². The molecule has 0 amide bonds. The minimum atomic E-state index is -1.08. The van der Waals surface area contributed by atoms with Crippen LogP contribution in [0.3, 0.4) is 0 Å². The lowest BCUT2D eigenvalue weighted by Gasteiger charge is -2.19. The van der Waals surface area contributed by atoms with Gasteiger partial charge in [0.1, 0.15) is 5.35 Å². The fraction of sp³-hybridized carbons (Fsp3) is 0.391. The number of aromatic nitrogens is 1. The molecule has 1 aliphatic rings. The second kappa shape index (κ2) is 8.64. The third kappa shape index (κ3) is 5.14. The van der Waals surface area contributed by atoms with Crippen LogP contribution in [0.25, 0.3) is 23.1 Å². The first-order valence-corrected chi connectivity index (χ1v) is 9.78. The van der Waals surface area contributed by atoms with Crippen molar-refractivity contribution in [1.82, 2.24) is 4.98 Å². The summed E-state index contributed by atoms with van der Waals surface area (Å²) in [7, 11) is 0. The highest BCUT2D eigenvalue weighted by atomic mass is 16.5. The molecule has 2 aromatic rings. The van der Waals surface area contributed by atoms with Crippen molar-refractivity contribution in [3.63, 3.8) is 0 Å². The lowest BCUT2D eigenvalue weighted by atomic mass is 9.95. The number of hydrogen-bond acceptors (Lipinski definition) is 6. The number of nitrogens with zero attached hydrogens (tertiary/aromatic N) is 2. The Bertz CT molecular complexity index is 1050. The molecule has 1 aromatic carbocycles. The van der Waals surface area contributed by atoms with Gasteiger partial charge in [0.05, 0.1) is 30.0 Å². The van der Waals surface area contributed by atoms with Crippen molar-refractivity contribution < 1.29 is 14.3 Å². The molecule has 1 heterocycles. The van der Waals surface area contributed by atoms with Crippen LogP contribution in [0.4, 0.5) is 5.69 Å². The molecule has 0 spiro atoms. The van der Waals surface area contributed by atoms with Crippen molar-refractivity contribution in [2.24, 2.45) is 0 Å². The Kier molecular flexibility index (Phi) is 6.21. The molecular formula is C23H27N3O3. The van der Waals surface area contributed by atoms with Gasteiger partial charge in [-0.25, -0.2) is 4.98 Å². The Morgan fingerprint density at radius 3 is 2.66 bits per heavy atom. The van der Waals surface area contributed by atoms with Crippen LogP contribution in [-0.2, 0) is 4.74 Å². The molecule has 6 nitrogen and oxygen atoms in total. The van der Waals surface area contributed by atoms with Crippen LogP contribution in [0.15, 0.2) is 40.3 Å². The van der Waals surface area contributed by atoms with Crippen LogP contribution in [0, 0.1) is 11.3 Å². The average molecular weight is 393 g/mol. The molecule has 3 rings (SSSR count). The number of aliphatic hydroxyl groups is 1. The lowest BCUT2D eigenvalue weighted by Crippen LogP contribution is -2.33. The van der Waals surface area contributed by atoms with Gasteiger partial charge in [-0.2, -0.15) is 5.26 Å². The minimum Gasteiger partial charge on any atom is -0.436 e. The number of oxazole rings is 1. The number of ether oxygens (including phenoxy) is 1. The van der Waals surface area contributed by atoms with Crippen LogP contribution in [0.1, 0.15) is 34.1 Å². The molecule has 0 unspecified atom stereocenters. The maximum atomic E-state index is 10.6. The summed E-state index contributed by atoms with van der Waals surface area (Å²) in [6.07, 6.45) is 4.14. The van der Waals surface area contributed by atoms with E-state index in [-0.39, 0.29) is 6.10 Å². The summed E-state index contributed by atoms with van der Waals surface area (Å²) in [5, 5.41) is 23.7. The molecular weight excluding hydrogens is 366 g/mol. The van der Waals surface area contributed by atoms with E-state index in [4.69, 9.17) is 9.15 Å². The van der Waals surface area contributed by atoms with Gasteiger partial charge in [-0.15, -0.1) is 0 Å².